The Morgan fingerprint density at radius 1 is 0.548 bits per heavy atom. The number of hydrogen-bond acceptors (Lipinski definition) is 9. The Morgan fingerprint density at radius 3 is 1.40 bits per heavy atom. The molecule has 374 valence electrons. The molecule has 0 saturated heterocycles. The van der Waals surface area contributed by atoms with Crippen molar-refractivity contribution in [3.63, 3.8) is 0 Å². The van der Waals surface area contributed by atoms with Crippen LogP contribution in [0.25, 0.3) is 22.1 Å². The van der Waals surface area contributed by atoms with Gasteiger partial charge in [-0.15, -0.1) is 10.2 Å². The molecular weight excluding hydrogens is 917 g/mol. The molecule has 0 fully saturated rings. The van der Waals surface area contributed by atoms with Crippen molar-refractivity contribution in [2.45, 2.75) is 92.2 Å². The number of amides is 2. The Morgan fingerprint density at radius 2 is 0.986 bits per heavy atom. The minimum absolute atomic E-state index is 0.0280. The number of carboxylic acid groups (broad SMARTS) is 1. The van der Waals surface area contributed by atoms with Gasteiger partial charge in [0.15, 0.2) is 0 Å². The summed E-state index contributed by atoms with van der Waals surface area (Å²) in [6.45, 7) is 14.6. The van der Waals surface area contributed by atoms with Crippen LogP contribution < -0.4 is 0 Å². The molecule has 0 spiro atoms. The molecule has 2 unspecified atom stereocenters. The third kappa shape index (κ3) is 10.1. The molecule has 2 aromatic heterocycles. The zero-order valence-corrected chi connectivity index (χ0v) is 43.1. The fourth-order valence-corrected chi connectivity index (χ4v) is 10.5. The lowest BCUT2D eigenvalue weighted by molar-refractivity contribution is -0.141. The number of aliphatic carboxylic acids is 1. The van der Waals surface area contributed by atoms with Gasteiger partial charge in [0.2, 0.25) is 0 Å². The summed E-state index contributed by atoms with van der Waals surface area (Å²) in [5.74, 6) is -1.58. The molecule has 14 heteroatoms. The number of benzene rings is 6. The van der Waals surface area contributed by atoms with Crippen LogP contribution in [0.3, 0.4) is 0 Å². The van der Waals surface area contributed by atoms with E-state index in [0.717, 1.165) is 96.1 Å². The van der Waals surface area contributed by atoms with Gasteiger partial charge in [-0.2, -0.15) is 0 Å². The summed E-state index contributed by atoms with van der Waals surface area (Å²) >= 11 is 0. The first kappa shape index (κ1) is 50.0. The second-order valence-electron chi connectivity index (χ2n) is 19.8. The normalized spacial score (nSPS) is 14.0. The predicted molar refractivity (Wildman–Crippen MR) is 281 cm³/mol. The van der Waals surface area contributed by atoms with Crippen molar-refractivity contribution in [3.05, 3.63) is 186 Å². The molecule has 6 aromatic carbocycles. The summed E-state index contributed by atoms with van der Waals surface area (Å²) in [4.78, 5) is 54.8. The molecule has 2 atom stereocenters. The van der Waals surface area contributed by atoms with Crippen molar-refractivity contribution >= 4 is 45.8 Å². The van der Waals surface area contributed by atoms with Gasteiger partial charge in [0.05, 0.1) is 31.0 Å². The smallest absolute Gasteiger partial charge is 0.306 e. The number of carboxylic acids is 1. The Bertz CT molecular complexity index is 3480. The average molecular weight is 979 g/mol. The molecule has 1 N–H and O–H groups in total. The maximum Gasteiger partial charge on any atom is 0.306 e. The number of nitrogens with zero attached hydrogens (tertiary/aromatic N) is 8. The Balaban J connectivity index is 0.000000180. The zero-order chi connectivity index (χ0) is 51.8. The first-order valence-corrected chi connectivity index (χ1v) is 24.8. The molecule has 2 aliphatic heterocycles. The van der Waals surface area contributed by atoms with Gasteiger partial charge in [-0.05, 0) is 169 Å². The van der Waals surface area contributed by atoms with Gasteiger partial charge in [-0.25, -0.2) is 9.36 Å². The highest BCUT2D eigenvalue weighted by Crippen LogP contribution is 2.37. The summed E-state index contributed by atoms with van der Waals surface area (Å²) in [7, 11) is 5.13. The van der Waals surface area contributed by atoms with Crippen LogP contribution >= 0.6 is 0 Å². The van der Waals surface area contributed by atoms with Gasteiger partial charge in [0, 0.05) is 63.2 Å². The van der Waals surface area contributed by atoms with Crippen LogP contribution in [0, 0.1) is 41.5 Å². The number of carbonyl (C=O) groups is 4. The molecular formula is C59H62N8O6. The Hall–Kier alpha value is -8.00. The van der Waals surface area contributed by atoms with Crippen molar-refractivity contribution in [3.8, 4) is 0 Å². The number of carbonyl (C=O) groups excluding carboxylic acids is 3. The van der Waals surface area contributed by atoms with Crippen LogP contribution in [-0.2, 0) is 54.4 Å². The number of methoxy groups -OCH3 is 1. The van der Waals surface area contributed by atoms with E-state index in [2.05, 4.69) is 63.9 Å². The fourth-order valence-electron chi connectivity index (χ4n) is 10.5. The standard InChI is InChI=1S/C30H32N4O3.C29H30N4O3/c1-18-6-7-23(14-19(18)2)30(36)34-13-12-21-8-9-22(15-24(21)17-34)26(16-28(35)37-5)25-10-11-27-29(20(25)3)31-32-33(27)4;1-17-5-6-22(13-18(17)2)29(36)33-12-11-20-7-8-21(14-23(20)16-33)25(15-27(34)35)24-9-10-26-28(19(24)3)30-31-32(26)4/h6-11,14-15,26H,12-13,16-17H2,1-5H3;5-10,13-14,25H,11-12,15-16H2,1-4H3,(H,34,35). The van der Waals surface area contributed by atoms with Crippen molar-refractivity contribution < 1.29 is 29.0 Å². The second-order valence-corrected chi connectivity index (χ2v) is 19.8. The van der Waals surface area contributed by atoms with Crippen molar-refractivity contribution in [2.75, 3.05) is 20.2 Å². The SMILES string of the molecule is COC(=O)CC(c1ccc2c(c1)CN(C(=O)c1ccc(C)c(C)c1)CC2)c1ccc2c(nnn2C)c1C.Cc1ccc(C(=O)N2CCc3ccc(C(CC(=O)O)c4ccc5c(nnn5C)c4C)cc3C2)cc1C. The molecule has 4 heterocycles. The van der Waals surface area contributed by atoms with Crippen LogP contribution in [-0.4, -0.2) is 88.8 Å². The number of rotatable bonds is 10. The molecule has 73 heavy (non-hydrogen) atoms. The van der Waals surface area contributed by atoms with E-state index in [0.29, 0.717) is 31.7 Å². The van der Waals surface area contributed by atoms with E-state index in [1.165, 1.54) is 29.4 Å². The summed E-state index contributed by atoms with van der Waals surface area (Å²) in [6, 6.07) is 32.4. The highest BCUT2D eigenvalue weighted by Gasteiger charge is 2.29. The number of aryl methyl sites for hydroxylation is 8. The highest BCUT2D eigenvalue weighted by molar-refractivity contribution is 5.95. The van der Waals surface area contributed by atoms with E-state index in [-0.39, 0.29) is 42.5 Å². The van der Waals surface area contributed by atoms with Gasteiger partial charge in [-0.3, -0.25) is 19.2 Å². The van der Waals surface area contributed by atoms with E-state index in [9.17, 15) is 24.3 Å². The Labute approximate surface area is 425 Å². The number of aromatic nitrogens is 6. The molecule has 2 aliphatic rings. The number of hydrogen-bond donors (Lipinski definition) is 1. The summed E-state index contributed by atoms with van der Waals surface area (Å²) in [6.07, 6.45) is 1.77. The van der Waals surface area contributed by atoms with Crippen LogP contribution in [0.15, 0.2) is 97.1 Å². The maximum atomic E-state index is 13.3. The lowest BCUT2D eigenvalue weighted by Crippen LogP contribution is -2.36. The van der Waals surface area contributed by atoms with Crippen LogP contribution in [0.2, 0.25) is 0 Å². The molecule has 14 nitrogen and oxygen atoms in total. The van der Waals surface area contributed by atoms with Crippen molar-refractivity contribution in [2.24, 2.45) is 14.1 Å². The zero-order valence-electron chi connectivity index (χ0n) is 43.1. The summed E-state index contributed by atoms with van der Waals surface area (Å²) < 4.78 is 8.53. The summed E-state index contributed by atoms with van der Waals surface area (Å²) in [5, 5.41) is 26.7. The predicted octanol–water partition coefficient (Wildman–Crippen LogP) is 9.49. The topological polar surface area (TPSA) is 166 Å². The third-order valence-corrected chi connectivity index (χ3v) is 15.3. The minimum Gasteiger partial charge on any atom is -0.481 e. The molecule has 8 aromatic rings. The molecule has 0 aliphatic carbocycles. The van der Waals surface area contributed by atoms with Crippen LogP contribution in [0.5, 0.6) is 0 Å². The third-order valence-electron chi connectivity index (χ3n) is 15.3. The van der Waals surface area contributed by atoms with E-state index in [1.54, 1.807) is 9.36 Å². The molecule has 0 saturated carbocycles. The Kier molecular flexibility index (Phi) is 14.1. The molecule has 0 radical (unpaired) electrons. The van der Waals surface area contributed by atoms with E-state index in [4.69, 9.17) is 4.74 Å². The van der Waals surface area contributed by atoms with E-state index < -0.39 is 5.97 Å². The van der Waals surface area contributed by atoms with E-state index >= 15 is 0 Å². The van der Waals surface area contributed by atoms with Crippen LogP contribution in [0.4, 0.5) is 0 Å². The van der Waals surface area contributed by atoms with Crippen LogP contribution in [0.1, 0.15) is 123 Å². The van der Waals surface area contributed by atoms with Crippen molar-refractivity contribution in [1.82, 2.24) is 39.8 Å². The lowest BCUT2D eigenvalue weighted by atomic mass is 9.83. The molecule has 0 bridgehead atoms. The number of esters is 1. The van der Waals surface area contributed by atoms with Gasteiger partial charge in [0.25, 0.3) is 11.8 Å². The monoisotopic (exact) mass is 978 g/mol. The van der Waals surface area contributed by atoms with Gasteiger partial charge < -0.3 is 19.6 Å². The maximum absolute atomic E-state index is 13.3. The largest absolute Gasteiger partial charge is 0.481 e. The highest BCUT2D eigenvalue weighted by atomic mass is 16.5. The first-order chi connectivity index (χ1) is 35.0. The average Bonchev–Trinajstić information content (AvgIpc) is 3.97. The fraction of sp³-hybridized carbons (Fsp3) is 0.322. The first-order valence-electron chi connectivity index (χ1n) is 24.8. The lowest BCUT2D eigenvalue weighted by Gasteiger charge is -2.30. The number of fused-ring (bicyclic) bond motifs is 4. The summed E-state index contributed by atoms with van der Waals surface area (Å²) in [5.41, 5.74) is 20.0. The minimum atomic E-state index is -0.858. The molecule has 10 rings (SSSR count). The van der Waals surface area contributed by atoms with Gasteiger partial charge >= 0.3 is 11.9 Å². The molecule has 2 amide bonds. The quantitative estimate of drug-likeness (QED) is 0.131. The second kappa shape index (κ2) is 20.6. The van der Waals surface area contributed by atoms with Gasteiger partial charge in [-0.1, -0.05) is 71.1 Å². The van der Waals surface area contributed by atoms with Crippen molar-refractivity contribution in [1.29, 1.82) is 0 Å². The number of ether oxygens (including phenoxy) is 1. The van der Waals surface area contributed by atoms with Gasteiger partial charge in [0.1, 0.15) is 11.0 Å². The van der Waals surface area contributed by atoms with E-state index in [1.807, 2.05) is 119 Å².